The molecule has 0 aliphatic heterocycles. The molecular weight excluding hydrogens is 296 g/mol. The number of benzene rings is 1. The van der Waals surface area contributed by atoms with Gasteiger partial charge in [-0.25, -0.2) is 4.79 Å². The number of rotatable bonds is 5. The van der Waals surface area contributed by atoms with Gasteiger partial charge in [0.1, 0.15) is 11.4 Å². The molecule has 0 fully saturated rings. The van der Waals surface area contributed by atoms with Gasteiger partial charge in [0.25, 0.3) is 5.91 Å². The quantitative estimate of drug-likeness (QED) is 0.831. The number of H-pyrrole nitrogens is 1. The van der Waals surface area contributed by atoms with Crippen LogP contribution in [0.25, 0.3) is 0 Å². The normalized spacial score (nSPS) is 10.3. The van der Waals surface area contributed by atoms with Crippen LogP contribution in [0.4, 0.5) is 5.69 Å². The zero-order valence-electron chi connectivity index (χ0n) is 13.6. The second-order valence-corrected chi connectivity index (χ2v) is 5.03. The van der Waals surface area contributed by atoms with Crippen molar-refractivity contribution in [3.63, 3.8) is 0 Å². The lowest BCUT2D eigenvalue weighted by Gasteiger charge is -2.06. The van der Waals surface area contributed by atoms with E-state index in [1.807, 2.05) is 0 Å². The van der Waals surface area contributed by atoms with Crippen LogP contribution in [0.3, 0.4) is 0 Å². The van der Waals surface area contributed by atoms with Gasteiger partial charge in [-0.05, 0) is 50.6 Å². The number of amides is 1. The van der Waals surface area contributed by atoms with Crippen molar-refractivity contribution >= 4 is 17.6 Å². The zero-order valence-corrected chi connectivity index (χ0v) is 13.6. The van der Waals surface area contributed by atoms with E-state index in [1.54, 1.807) is 52.1 Å². The van der Waals surface area contributed by atoms with Gasteiger partial charge < -0.3 is 19.8 Å². The second kappa shape index (κ2) is 7.00. The Kier molecular flexibility index (Phi) is 5.05. The van der Waals surface area contributed by atoms with Crippen molar-refractivity contribution in [3.8, 4) is 5.75 Å². The van der Waals surface area contributed by atoms with Crippen LogP contribution in [0, 0.1) is 13.8 Å². The molecule has 122 valence electrons. The zero-order chi connectivity index (χ0) is 17.0. The summed E-state index contributed by atoms with van der Waals surface area (Å²) >= 11 is 0. The number of hydrogen-bond donors (Lipinski definition) is 2. The van der Waals surface area contributed by atoms with E-state index in [-0.39, 0.29) is 12.5 Å². The first-order chi connectivity index (χ1) is 11.0. The van der Waals surface area contributed by atoms with Gasteiger partial charge >= 0.3 is 5.97 Å². The fourth-order valence-corrected chi connectivity index (χ4v) is 2.35. The number of anilines is 1. The number of ether oxygens (including phenoxy) is 2. The van der Waals surface area contributed by atoms with Gasteiger partial charge in [0, 0.05) is 11.4 Å². The van der Waals surface area contributed by atoms with Gasteiger partial charge in [0.05, 0.1) is 19.3 Å². The highest BCUT2D eigenvalue weighted by atomic mass is 16.5. The number of carbonyl (C=O) groups excluding carboxylic acids is 2. The molecule has 0 saturated heterocycles. The van der Waals surface area contributed by atoms with E-state index >= 15 is 0 Å². The van der Waals surface area contributed by atoms with E-state index in [9.17, 15) is 9.59 Å². The minimum atomic E-state index is -0.428. The van der Waals surface area contributed by atoms with Crippen molar-refractivity contribution in [2.75, 3.05) is 19.0 Å². The summed E-state index contributed by atoms with van der Waals surface area (Å²) in [5, 5.41) is 2.78. The molecule has 0 unspecified atom stereocenters. The minimum Gasteiger partial charge on any atom is -0.497 e. The Balaban J connectivity index is 2.22. The SMILES string of the molecule is CCOC(=O)c1c(C)[nH]c(C(=O)Nc2ccc(OC)cc2)c1C. The third-order valence-corrected chi connectivity index (χ3v) is 3.49. The first-order valence-electron chi connectivity index (χ1n) is 7.29. The summed E-state index contributed by atoms with van der Waals surface area (Å²) in [6.45, 7) is 5.49. The lowest BCUT2D eigenvalue weighted by atomic mass is 10.1. The third kappa shape index (κ3) is 3.53. The summed E-state index contributed by atoms with van der Waals surface area (Å²) < 4.78 is 10.1. The number of esters is 1. The van der Waals surface area contributed by atoms with E-state index in [0.717, 1.165) is 0 Å². The Hall–Kier alpha value is -2.76. The molecule has 0 radical (unpaired) electrons. The fourth-order valence-electron chi connectivity index (χ4n) is 2.35. The van der Waals surface area contributed by atoms with Crippen LogP contribution >= 0.6 is 0 Å². The number of aryl methyl sites for hydroxylation is 1. The molecule has 0 spiro atoms. The lowest BCUT2D eigenvalue weighted by Crippen LogP contribution is -2.14. The Morgan fingerprint density at radius 3 is 2.39 bits per heavy atom. The van der Waals surface area contributed by atoms with Gasteiger partial charge in [0.2, 0.25) is 0 Å². The summed E-state index contributed by atoms with van der Waals surface area (Å²) in [7, 11) is 1.58. The molecular formula is C17H20N2O4. The maximum atomic E-state index is 12.4. The van der Waals surface area contributed by atoms with E-state index in [2.05, 4.69) is 10.3 Å². The number of aromatic amines is 1. The summed E-state index contributed by atoms with van der Waals surface area (Å²) in [6.07, 6.45) is 0. The van der Waals surface area contributed by atoms with Crippen molar-refractivity contribution in [2.24, 2.45) is 0 Å². The van der Waals surface area contributed by atoms with Gasteiger partial charge in [-0.3, -0.25) is 4.79 Å². The molecule has 1 amide bonds. The molecule has 2 rings (SSSR count). The Bertz CT molecular complexity index is 717. The van der Waals surface area contributed by atoms with Crippen molar-refractivity contribution in [1.29, 1.82) is 0 Å². The molecule has 1 aromatic heterocycles. The molecule has 0 bridgehead atoms. The van der Waals surface area contributed by atoms with Crippen molar-refractivity contribution in [3.05, 3.63) is 46.8 Å². The standard InChI is InChI=1S/C17H20N2O4/c1-5-23-17(21)14-10(2)15(18-11(14)3)16(20)19-12-6-8-13(22-4)9-7-12/h6-9,18H,5H2,1-4H3,(H,19,20). The average Bonchev–Trinajstić information content (AvgIpc) is 2.83. The van der Waals surface area contributed by atoms with Crippen LogP contribution in [0.5, 0.6) is 5.75 Å². The number of carbonyl (C=O) groups is 2. The largest absolute Gasteiger partial charge is 0.497 e. The molecule has 6 nitrogen and oxygen atoms in total. The Morgan fingerprint density at radius 2 is 1.83 bits per heavy atom. The molecule has 23 heavy (non-hydrogen) atoms. The minimum absolute atomic E-state index is 0.288. The highest BCUT2D eigenvalue weighted by Crippen LogP contribution is 2.21. The molecule has 2 aromatic rings. The number of aromatic nitrogens is 1. The van der Waals surface area contributed by atoms with E-state index in [4.69, 9.17) is 9.47 Å². The van der Waals surface area contributed by atoms with Crippen molar-refractivity contribution < 1.29 is 19.1 Å². The first kappa shape index (κ1) is 16.6. The number of hydrogen-bond acceptors (Lipinski definition) is 4. The maximum Gasteiger partial charge on any atom is 0.340 e. The van der Waals surface area contributed by atoms with E-state index < -0.39 is 5.97 Å². The van der Waals surface area contributed by atoms with Crippen molar-refractivity contribution in [2.45, 2.75) is 20.8 Å². The second-order valence-electron chi connectivity index (χ2n) is 5.03. The average molecular weight is 316 g/mol. The Labute approximate surface area is 134 Å². The van der Waals surface area contributed by atoms with E-state index in [1.165, 1.54) is 0 Å². The van der Waals surface area contributed by atoms with Gasteiger partial charge in [0.15, 0.2) is 0 Å². The first-order valence-corrected chi connectivity index (χ1v) is 7.29. The number of methoxy groups -OCH3 is 1. The third-order valence-electron chi connectivity index (χ3n) is 3.49. The summed E-state index contributed by atoms with van der Waals surface area (Å²) in [5.41, 5.74) is 2.58. The van der Waals surface area contributed by atoms with Crippen molar-refractivity contribution in [1.82, 2.24) is 4.98 Å². The Morgan fingerprint density at radius 1 is 1.17 bits per heavy atom. The molecule has 0 aliphatic rings. The number of nitrogens with one attached hydrogen (secondary N) is 2. The fraction of sp³-hybridized carbons (Fsp3) is 0.294. The van der Waals surface area contributed by atoms with Crippen LogP contribution in [-0.2, 0) is 4.74 Å². The highest BCUT2D eigenvalue weighted by molar-refractivity contribution is 6.06. The smallest absolute Gasteiger partial charge is 0.340 e. The topological polar surface area (TPSA) is 80.4 Å². The summed E-state index contributed by atoms with van der Waals surface area (Å²) in [6, 6.07) is 7.00. The molecule has 2 N–H and O–H groups in total. The van der Waals surface area contributed by atoms with Crippen LogP contribution in [0.2, 0.25) is 0 Å². The van der Waals surface area contributed by atoms with Gasteiger partial charge in [-0.2, -0.15) is 0 Å². The van der Waals surface area contributed by atoms with Crippen LogP contribution in [-0.4, -0.2) is 30.6 Å². The highest BCUT2D eigenvalue weighted by Gasteiger charge is 2.22. The molecule has 0 atom stereocenters. The monoisotopic (exact) mass is 316 g/mol. The lowest BCUT2D eigenvalue weighted by molar-refractivity contribution is 0.0525. The maximum absolute atomic E-state index is 12.4. The molecule has 1 heterocycles. The van der Waals surface area contributed by atoms with E-state index in [0.29, 0.717) is 34.0 Å². The molecule has 1 aromatic carbocycles. The summed E-state index contributed by atoms with van der Waals surface area (Å²) in [4.78, 5) is 27.3. The predicted molar refractivity (Wildman–Crippen MR) is 87.2 cm³/mol. The molecule has 0 aliphatic carbocycles. The molecule has 0 saturated carbocycles. The van der Waals surface area contributed by atoms with Gasteiger partial charge in [-0.1, -0.05) is 0 Å². The van der Waals surface area contributed by atoms with Crippen LogP contribution < -0.4 is 10.1 Å². The summed E-state index contributed by atoms with van der Waals surface area (Å²) in [5.74, 6) is -0.0342. The molecule has 6 heteroatoms. The van der Waals surface area contributed by atoms with Crippen LogP contribution in [0.15, 0.2) is 24.3 Å². The van der Waals surface area contributed by atoms with Gasteiger partial charge in [-0.15, -0.1) is 0 Å². The van der Waals surface area contributed by atoms with Crippen LogP contribution in [0.1, 0.15) is 39.0 Å². The predicted octanol–water partition coefficient (Wildman–Crippen LogP) is 3.07.